The number of nitrogens with one attached hydrogen (secondary N) is 1. The van der Waals surface area contributed by atoms with Crippen molar-refractivity contribution in [3.8, 4) is 6.07 Å². The Morgan fingerprint density at radius 2 is 2.00 bits per heavy atom. The van der Waals surface area contributed by atoms with Crippen LogP contribution in [0.25, 0.3) is 0 Å². The van der Waals surface area contributed by atoms with Gasteiger partial charge < -0.3 is 14.8 Å². The van der Waals surface area contributed by atoms with Crippen LogP contribution in [0, 0.1) is 24.2 Å². The smallest absolute Gasteiger partial charge is 0.225 e. The van der Waals surface area contributed by atoms with Gasteiger partial charge in [-0.05, 0) is 38.3 Å². The zero-order valence-corrected chi connectivity index (χ0v) is 14.7. The minimum absolute atomic E-state index is 0.0168. The molecule has 128 valence electrons. The number of ether oxygens (including phenoxy) is 2. The Bertz CT molecular complexity index is 677. The molecule has 24 heavy (non-hydrogen) atoms. The number of hydrogen-bond donors (Lipinski definition) is 1. The number of nitrogens with zero attached hydrogens (tertiary/aromatic N) is 1. The maximum absolute atomic E-state index is 12.6. The highest BCUT2D eigenvalue weighted by molar-refractivity contribution is 7.12. The van der Waals surface area contributed by atoms with Crippen LogP contribution in [0.5, 0.6) is 0 Å². The van der Waals surface area contributed by atoms with E-state index in [1.165, 1.54) is 9.75 Å². The van der Waals surface area contributed by atoms with Crippen molar-refractivity contribution in [2.24, 2.45) is 5.92 Å². The summed E-state index contributed by atoms with van der Waals surface area (Å²) in [4.78, 5) is 15.2. The highest BCUT2D eigenvalue weighted by atomic mass is 32.1. The van der Waals surface area contributed by atoms with E-state index in [9.17, 15) is 10.1 Å². The molecular formula is C18H22N2O3S. The summed E-state index contributed by atoms with van der Waals surface area (Å²) in [5, 5.41) is 12.7. The summed E-state index contributed by atoms with van der Waals surface area (Å²) in [6.07, 6.45) is 3.40. The van der Waals surface area contributed by atoms with Crippen LogP contribution in [0.2, 0.25) is 0 Å². The van der Waals surface area contributed by atoms with Crippen molar-refractivity contribution in [2.75, 3.05) is 13.2 Å². The first-order valence-corrected chi connectivity index (χ1v) is 9.44. The van der Waals surface area contributed by atoms with Crippen LogP contribution in [0.3, 0.4) is 0 Å². The molecule has 1 aliphatic heterocycles. The predicted octanol–water partition coefficient (Wildman–Crippen LogP) is 2.86. The molecule has 0 bridgehead atoms. The zero-order valence-electron chi connectivity index (χ0n) is 13.8. The van der Waals surface area contributed by atoms with Gasteiger partial charge in [0.25, 0.3) is 0 Å². The van der Waals surface area contributed by atoms with Gasteiger partial charge in [-0.15, -0.1) is 11.3 Å². The second-order valence-electron chi connectivity index (χ2n) is 7.19. The summed E-state index contributed by atoms with van der Waals surface area (Å²) < 4.78 is 11.4. The van der Waals surface area contributed by atoms with Crippen LogP contribution in [0.15, 0.2) is 12.1 Å². The maximum Gasteiger partial charge on any atom is 0.225 e. The molecule has 6 heteroatoms. The lowest BCUT2D eigenvalue weighted by Gasteiger charge is -2.40. The fourth-order valence-electron chi connectivity index (χ4n) is 3.89. The normalized spacial score (nSPS) is 30.0. The van der Waals surface area contributed by atoms with Crippen molar-refractivity contribution in [3.63, 3.8) is 0 Å². The van der Waals surface area contributed by atoms with E-state index in [4.69, 9.17) is 9.47 Å². The molecule has 1 aromatic rings. The van der Waals surface area contributed by atoms with Crippen molar-refractivity contribution < 1.29 is 14.3 Å². The lowest BCUT2D eigenvalue weighted by molar-refractivity contribution is -0.183. The van der Waals surface area contributed by atoms with E-state index in [0.717, 1.165) is 6.42 Å². The van der Waals surface area contributed by atoms with Gasteiger partial charge in [-0.3, -0.25) is 4.79 Å². The Morgan fingerprint density at radius 3 is 2.58 bits per heavy atom. The van der Waals surface area contributed by atoms with Gasteiger partial charge in [0.2, 0.25) is 5.91 Å². The third-order valence-corrected chi connectivity index (χ3v) is 6.64. The summed E-state index contributed by atoms with van der Waals surface area (Å²) in [6, 6.07) is 6.58. The average Bonchev–Trinajstić information content (AvgIpc) is 3.07. The van der Waals surface area contributed by atoms with Crippen LogP contribution < -0.4 is 5.32 Å². The number of nitriles is 1. The molecule has 2 aliphatic carbocycles. The Kier molecular flexibility index (Phi) is 3.91. The number of carbonyl (C=O) groups excluding carboxylic acids is 1. The molecule has 1 aromatic heterocycles. The van der Waals surface area contributed by atoms with Crippen molar-refractivity contribution >= 4 is 17.2 Å². The first-order valence-electron chi connectivity index (χ1n) is 8.62. The molecule has 0 unspecified atom stereocenters. The molecule has 1 amide bonds. The summed E-state index contributed by atoms with van der Waals surface area (Å²) in [6.45, 7) is 3.33. The maximum atomic E-state index is 12.6. The molecule has 3 aliphatic rings. The Hall–Kier alpha value is -1.42. The van der Waals surface area contributed by atoms with E-state index in [2.05, 4.69) is 30.4 Å². The molecule has 1 saturated heterocycles. The summed E-state index contributed by atoms with van der Waals surface area (Å²) in [5.74, 6) is -0.141. The summed E-state index contributed by atoms with van der Waals surface area (Å²) in [5.41, 5.74) is -0.768. The van der Waals surface area contributed by atoms with Crippen LogP contribution in [0.4, 0.5) is 0 Å². The van der Waals surface area contributed by atoms with Crippen LogP contribution in [-0.2, 0) is 14.3 Å². The molecule has 0 radical (unpaired) electrons. The molecule has 2 saturated carbocycles. The fraction of sp³-hybridized carbons (Fsp3) is 0.667. The van der Waals surface area contributed by atoms with E-state index in [1.807, 2.05) is 0 Å². The SMILES string of the molecule is Cc1ccc([C@@H]2C[C@H]2C(=O)NC2(C#N)CCC3(CC2)OCCO3)s1. The zero-order chi connectivity index (χ0) is 16.8. The van der Waals surface area contributed by atoms with E-state index >= 15 is 0 Å². The third-order valence-electron chi connectivity index (χ3n) is 5.51. The second kappa shape index (κ2) is 5.83. The quantitative estimate of drug-likeness (QED) is 0.913. The van der Waals surface area contributed by atoms with Gasteiger partial charge in [0.1, 0.15) is 5.54 Å². The predicted molar refractivity (Wildman–Crippen MR) is 89.5 cm³/mol. The van der Waals surface area contributed by atoms with Gasteiger partial charge >= 0.3 is 0 Å². The number of rotatable bonds is 3. The third kappa shape index (κ3) is 2.85. The largest absolute Gasteiger partial charge is 0.348 e. The molecule has 2 atom stereocenters. The second-order valence-corrected chi connectivity index (χ2v) is 8.51. The van der Waals surface area contributed by atoms with Crippen LogP contribution in [-0.4, -0.2) is 30.4 Å². The Labute approximate surface area is 145 Å². The standard InChI is InChI=1S/C18H22N2O3S/c1-12-2-3-15(24-12)13-10-14(13)16(21)20-17(11-19)4-6-18(7-5-17)22-8-9-23-18/h2-3,13-14H,4-10H2,1H3,(H,20,21)/t13-,14-/m1/s1. The molecule has 1 spiro atoms. The molecule has 1 N–H and O–H groups in total. The average molecular weight is 346 g/mol. The Morgan fingerprint density at radius 1 is 1.29 bits per heavy atom. The van der Waals surface area contributed by atoms with Crippen molar-refractivity contribution in [2.45, 2.75) is 56.3 Å². The number of amides is 1. The lowest BCUT2D eigenvalue weighted by Crippen LogP contribution is -2.53. The first kappa shape index (κ1) is 16.1. The fourth-order valence-corrected chi connectivity index (χ4v) is 4.94. The first-order chi connectivity index (χ1) is 11.5. The molecular weight excluding hydrogens is 324 g/mol. The molecule has 3 fully saturated rings. The molecule has 5 nitrogen and oxygen atoms in total. The molecule has 0 aromatic carbocycles. The van der Waals surface area contributed by atoms with E-state index in [0.29, 0.717) is 44.8 Å². The van der Waals surface area contributed by atoms with Gasteiger partial charge in [-0.2, -0.15) is 5.26 Å². The Balaban J connectivity index is 1.37. The van der Waals surface area contributed by atoms with Gasteiger partial charge in [-0.25, -0.2) is 0 Å². The highest BCUT2D eigenvalue weighted by Gasteiger charge is 2.50. The van der Waals surface area contributed by atoms with Gasteiger partial charge in [0.05, 0.1) is 19.3 Å². The van der Waals surface area contributed by atoms with Gasteiger partial charge in [-0.1, -0.05) is 0 Å². The minimum atomic E-state index is -0.768. The number of hydrogen-bond acceptors (Lipinski definition) is 5. The molecule has 2 heterocycles. The number of carbonyl (C=O) groups is 1. The van der Waals surface area contributed by atoms with E-state index in [1.54, 1.807) is 11.3 Å². The van der Waals surface area contributed by atoms with Gasteiger partial charge in [0, 0.05) is 34.4 Å². The summed E-state index contributed by atoms with van der Waals surface area (Å²) in [7, 11) is 0. The highest BCUT2D eigenvalue weighted by Crippen LogP contribution is 2.50. The minimum Gasteiger partial charge on any atom is -0.348 e. The summed E-state index contributed by atoms with van der Waals surface area (Å²) >= 11 is 1.76. The van der Waals surface area contributed by atoms with Gasteiger partial charge in [0.15, 0.2) is 5.79 Å². The number of aryl methyl sites for hydroxylation is 1. The monoisotopic (exact) mass is 346 g/mol. The van der Waals surface area contributed by atoms with Crippen molar-refractivity contribution in [1.29, 1.82) is 5.26 Å². The van der Waals surface area contributed by atoms with Crippen LogP contribution in [0.1, 0.15) is 47.8 Å². The van der Waals surface area contributed by atoms with E-state index in [-0.39, 0.29) is 11.8 Å². The van der Waals surface area contributed by atoms with Crippen molar-refractivity contribution in [3.05, 3.63) is 21.9 Å². The lowest BCUT2D eigenvalue weighted by atomic mass is 9.79. The van der Waals surface area contributed by atoms with Crippen molar-refractivity contribution in [1.82, 2.24) is 5.32 Å². The van der Waals surface area contributed by atoms with E-state index < -0.39 is 11.3 Å². The molecule has 4 rings (SSSR count). The number of thiophene rings is 1. The topological polar surface area (TPSA) is 71.4 Å². The van der Waals surface area contributed by atoms with Crippen LogP contribution >= 0.6 is 11.3 Å².